The van der Waals surface area contributed by atoms with Gasteiger partial charge in [0, 0.05) is 26.2 Å². The summed E-state index contributed by atoms with van der Waals surface area (Å²) in [5, 5.41) is 1.66. The first kappa shape index (κ1) is 24.5. The van der Waals surface area contributed by atoms with Gasteiger partial charge in [0.15, 0.2) is 0 Å². The van der Waals surface area contributed by atoms with E-state index in [0.717, 1.165) is 20.5 Å². The molecule has 2 saturated heterocycles. The number of nitrogens with zero attached hydrogens (tertiary/aromatic N) is 3. The quantitative estimate of drug-likeness (QED) is 0.387. The minimum atomic E-state index is -3.99. The number of amides is 2. The maximum Gasteiger partial charge on any atom is 0.337 e. The van der Waals surface area contributed by atoms with E-state index in [0.29, 0.717) is 32.8 Å². The fourth-order valence-electron chi connectivity index (χ4n) is 4.01. The predicted octanol–water partition coefficient (Wildman–Crippen LogP) is 1.19. The Morgan fingerprint density at radius 3 is 2.50 bits per heavy atom. The van der Waals surface area contributed by atoms with E-state index in [1.807, 2.05) is 0 Å². The second-order valence-electron chi connectivity index (χ2n) is 7.83. The number of thiophene rings is 1. The van der Waals surface area contributed by atoms with Crippen molar-refractivity contribution < 1.29 is 32.3 Å². The van der Waals surface area contributed by atoms with Gasteiger partial charge >= 0.3 is 5.97 Å². The number of ether oxygens (including phenoxy) is 2. The molecule has 2 aliphatic rings. The molecule has 0 spiro atoms. The van der Waals surface area contributed by atoms with Crippen LogP contribution in [0.3, 0.4) is 0 Å². The molecule has 2 amide bonds. The van der Waals surface area contributed by atoms with Crippen LogP contribution < -0.4 is 4.90 Å². The lowest BCUT2D eigenvalue weighted by atomic mass is 10.2. The third kappa shape index (κ3) is 4.91. The van der Waals surface area contributed by atoms with Gasteiger partial charge in [0.05, 0.1) is 38.0 Å². The van der Waals surface area contributed by atoms with Crippen molar-refractivity contribution in [2.45, 2.75) is 16.7 Å². The summed E-state index contributed by atoms with van der Waals surface area (Å²) in [7, 11) is -2.73. The van der Waals surface area contributed by atoms with Crippen LogP contribution in [-0.2, 0) is 29.1 Å². The lowest BCUT2D eigenvalue weighted by Gasteiger charge is -2.31. The monoisotopic (exact) mass is 507 g/mol. The van der Waals surface area contributed by atoms with Crippen LogP contribution in [0.5, 0.6) is 0 Å². The molecule has 12 heteroatoms. The molecular weight excluding hydrogens is 482 g/mol. The Balaban J connectivity index is 1.60. The molecule has 1 aromatic carbocycles. The van der Waals surface area contributed by atoms with Gasteiger partial charge in [-0.25, -0.2) is 18.1 Å². The van der Waals surface area contributed by atoms with Crippen LogP contribution in [0.1, 0.15) is 16.8 Å². The summed E-state index contributed by atoms with van der Waals surface area (Å²) in [4.78, 5) is 41.0. The van der Waals surface area contributed by atoms with Gasteiger partial charge in [0.1, 0.15) is 10.3 Å². The fourth-order valence-corrected chi connectivity index (χ4v) is 6.70. The molecular formula is C22H25N3O7S2. The number of morpholine rings is 1. The average Bonchev–Trinajstić information content (AvgIpc) is 3.49. The number of carbonyl (C=O) groups is 3. The Labute approximate surface area is 201 Å². The SMILES string of the molecule is COC(=O)c1ccc(N2C(=O)CC(N(CCN3CCOCC3)S(=O)(=O)c3cccs3)C2=O)cc1. The second-order valence-corrected chi connectivity index (χ2v) is 10.9. The van der Waals surface area contributed by atoms with Crippen molar-refractivity contribution in [2.75, 3.05) is 51.4 Å². The average molecular weight is 508 g/mol. The lowest BCUT2D eigenvalue weighted by Crippen LogP contribution is -2.49. The molecule has 0 N–H and O–H groups in total. The van der Waals surface area contributed by atoms with Crippen molar-refractivity contribution in [3.05, 3.63) is 47.3 Å². The van der Waals surface area contributed by atoms with Gasteiger partial charge < -0.3 is 9.47 Å². The van der Waals surface area contributed by atoms with Crippen LogP contribution in [0.25, 0.3) is 0 Å². The van der Waals surface area contributed by atoms with E-state index in [4.69, 9.17) is 4.74 Å². The number of hydrogen-bond acceptors (Lipinski definition) is 9. The summed E-state index contributed by atoms with van der Waals surface area (Å²) in [6.45, 7) is 2.95. The van der Waals surface area contributed by atoms with E-state index in [-0.39, 0.29) is 28.4 Å². The first-order valence-corrected chi connectivity index (χ1v) is 13.1. The zero-order chi connectivity index (χ0) is 24.3. The Kier molecular flexibility index (Phi) is 7.43. The highest BCUT2D eigenvalue weighted by Crippen LogP contribution is 2.30. The summed E-state index contributed by atoms with van der Waals surface area (Å²) in [5.74, 6) is -1.66. The number of anilines is 1. The lowest BCUT2D eigenvalue weighted by molar-refractivity contribution is -0.122. The van der Waals surface area contributed by atoms with Gasteiger partial charge in [0.25, 0.3) is 15.9 Å². The molecule has 10 nitrogen and oxygen atoms in total. The first-order chi connectivity index (χ1) is 16.3. The first-order valence-electron chi connectivity index (χ1n) is 10.7. The third-order valence-electron chi connectivity index (χ3n) is 5.82. The molecule has 2 aromatic rings. The van der Waals surface area contributed by atoms with Gasteiger partial charge in [0.2, 0.25) is 5.91 Å². The molecule has 34 heavy (non-hydrogen) atoms. The molecule has 2 fully saturated rings. The van der Waals surface area contributed by atoms with Gasteiger partial charge in [-0.05, 0) is 35.7 Å². The van der Waals surface area contributed by atoms with Crippen molar-refractivity contribution in [2.24, 2.45) is 0 Å². The van der Waals surface area contributed by atoms with Crippen LogP contribution in [-0.4, -0.2) is 88.0 Å². The number of esters is 1. The van der Waals surface area contributed by atoms with E-state index in [1.165, 1.54) is 37.4 Å². The molecule has 0 aliphatic carbocycles. The van der Waals surface area contributed by atoms with E-state index in [1.54, 1.807) is 11.4 Å². The molecule has 0 radical (unpaired) electrons. The molecule has 182 valence electrons. The number of carbonyl (C=O) groups excluding carboxylic acids is 3. The number of hydrogen-bond donors (Lipinski definition) is 0. The van der Waals surface area contributed by atoms with Crippen LogP contribution >= 0.6 is 11.3 Å². The van der Waals surface area contributed by atoms with Crippen LogP contribution in [0.4, 0.5) is 5.69 Å². The molecule has 1 aromatic heterocycles. The maximum absolute atomic E-state index is 13.5. The van der Waals surface area contributed by atoms with Crippen molar-refractivity contribution in [1.82, 2.24) is 9.21 Å². The second kappa shape index (κ2) is 10.3. The van der Waals surface area contributed by atoms with E-state index in [2.05, 4.69) is 9.64 Å². The summed E-state index contributed by atoms with van der Waals surface area (Å²) >= 11 is 1.07. The van der Waals surface area contributed by atoms with Gasteiger partial charge in [-0.1, -0.05) is 6.07 Å². The number of rotatable bonds is 8. The van der Waals surface area contributed by atoms with Crippen molar-refractivity contribution in [1.29, 1.82) is 0 Å². The van der Waals surface area contributed by atoms with Crippen molar-refractivity contribution in [3.8, 4) is 0 Å². The Morgan fingerprint density at radius 2 is 1.88 bits per heavy atom. The minimum Gasteiger partial charge on any atom is -0.465 e. The Hall–Kier alpha value is -2.64. The van der Waals surface area contributed by atoms with Crippen LogP contribution in [0.15, 0.2) is 46.0 Å². The van der Waals surface area contributed by atoms with E-state index in [9.17, 15) is 22.8 Å². The molecule has 3 heterocycles. The highest BCUT2D eigenvalue weighted by Gasteiger charge is 2.47. The van der Waals surface area contributed by atoms with Gasteiger partial charge in [-0.3, -0.25) is 14.5 Å². The topological polar surface area (TPSA) is 114 Å². The van der Waals surface area contributed by atoms with E-state index >= 15 is 0 Å². The largest absolute Gasteiger partial charge is 0.465 e. The van der Waals surface area contributed by atoms with E-state index < -0.39 is 33.8 Å². The number of imide groups is 1. The molecule has 0 saturated carbocycles. The zero-order valence-electron chi connectivity index (χ0n) is 18.6. The number of benzene rings is 1. The summed E-state index contributed by atoms with van der Waals surface area (Å²) in [5.41, 5.74) is 0.543. The molecule has 1 atom stereocenters. The minimum absolute atomic E-state index is 0.0685. The Morgan fingerprint density at radius 1 is 1.18 bits per heavy atom. The van der Waals surface area contributed by atoms with Crippen LogP contribution in [0.2, 0.25) is 0 Å². The number of sulfonamides is 1. The normalized spacial score (nSPS) is 19.7. The highest BCUT2D eigenvalue weighted by atomic mass is 32.2. The highest BCUT2D eigenvalue weighted by molar-refractivity contribution is 7.91. The number of methoxy groups -OCH3 is 1. The van der Waals surface area contributed by atoms with Gasteiger partial charge in [-0.2, -0.15) is 4.31 Å². The van der Waals surface area contributed by atoms with Gasteiger partial charge in [-0.15, -0.1) is 11.3 Å². The van der Waals surface area contributed by atoms with Crippen molar-refractivity contribution in [3.63, 3.8) is 0 Å². The summed E-state index contributed by atoms with van der Waals surface area (Å²) in [6.07, 6.45) is -0.259. The Bertz CT molecular complexity index is 1140. The zero-order valence-corrected chi connectivity index (χ0v) is 20.2. The van der Waals surface area contributed by atoms with Crippen molar-refractivity contribution >= 4 is 44.8 Å². The molecule has 4 rings (SSSR count). The summed E-state index contributed by atoms with van der Waals surface area (Å²) < 4.78 is 38.2. The van der Waals surface area contributed by atoms with Crippen LogP contribution in [0, 0.1) is 0 Å². The fraction of sp³-hybridized carbons (Fsp3) is 0.409. The smallest absolute Gasteiger partial charge is 0.337 e. The molecule has 1 unspecified atom stereocenters. The molecule has 0 bridgehead atoms. The predicted molar refractivity (Wildman–Crippen MR) is 124 cm³/mol. The standard InChI is InChI=1S/C22H25N3O7S2/c1-31-22(28)16-4-6-17(7-5-16)25-19(26)15-18(21(25)27)24(9-8-23-10-12-32-13-11-23)34(29,30)20-3-2-14-33-20/h2-7,14,18H,8-13,15H2,1H3. The maximum atomic E-state index is 13.5. The third-order valence-corrected chi connectivity index (χ3v) is 9.10. The summed E-state index contributed by atoms with van der Waals surface area (Å²) in [6, 6.07) is 7.81. The molecule has 2 aliphatic heterocycles.